The Morgan fingerprint density at radius 1 is 1.20 bits per heavy atom. The van der Waals surface area contributed by atoms with E-state index in [-0.39, 0.29) is 7.43 Å². The molecule has 0 atom stereocenters. The van der Waals surface area contributed by atoms with Crippen LogP contribution < -0.4 is 0 Å². The van der Waals surface area contributed by atoms with Crippen LogP contribution >= 0.6 is 0 Å². The molecular weight excluding hydrogens is 124 g/mol. The molecule has 1 nitrogen and oxygen atoms in total. The summed E-state index contributed by atoms with van der Waals surface area (Å²) >= 11 is 0. The number of rotatable bonds is 5. The van der Waals surface area contributed by atoms with E-state index < -0.39 is 0 Å². The highest BCUT2D eigenvalue weighted by atomic mass is 16.5. The lowest BCUT2D eigenvalue weighted by molar-refractivity contribution is 0.289. The molecule has 0 saturated heterocycles. The Morgan fingerprint density at radius 3 is 2.40 bits per heavy atom. The molecule has 0 N–H and O–H groups in total. The summed E-state index contributed by atoms with van der Waals surface area (Å²) in [7, 11) is 0. The predicted molar refractivity (Wildman–Crippen MR) is 46.8 cm³/mol. The molecule has 0 heterocycles. The zero-order chi connectivity index (χ0) is 6.95. The van der Waals surface area contributed by atoms with E-state index in [1.165, 1.54) is 0 Å². The molecule has 0 aliphatic rings. The lowest BCUT2D eigenvalue weighted by Gasteiger charge is -1.90. The fourth-order valence-electron chi connectivity index (χ4n) is 0.343. The first-order chi connectivity index (χ1) is 4.41. The Bertz CT molecular complexity index is 103. The van der Waals surface area contributed by atoms with Gasteiger partial charge in [-0.25, -0.2) is 0 Å². The third-order valence-electron chi connectivity index (χ3n) is 0.709. The molecule has 0 fully saturated rings. The molecule has 0 radical (unpaired) electrons. The van der Waals surface area contributed by atoms with Crippen molar-refractivity contribution in [2.75, 3.05) is 6.61 Å². The molecule has 0 bridgehead atoms. The van der Waals surface area contributed by atoms with E-state index in [0.717, 1.165) is 6.42 Å². The maximum Gasteiger partial charge on any atom is 0.105 e. The normalized spacial score (nSPS) is 8.40. The van der Waals surface area contributed by atoms with E-state index in [9.17, 15) is 0 Å². The highest BCUT2D eigenvalue weighted by Crippen LogP contribution is 1.83. The second kappa shape index (κ2) is 10.9. The molecule has 0 amide bonds. The Balaban J connectivity index is 0. The minimum atomic E-state index is 0. The summed E-state index contributed by atoms with van der Waals surface area (Å²) in [6.07, 6.45) is 7.93. The van der Waals surface area contributed by atoms with Crippen molar-refractivity contribution < 1.29 is 4.74 Å². The lowest BCUT2D eigenvalue weighted by atomic mass is 10.4. The summed E-state index contributed by atoms with van der Waals surface area (Å²) < 4.78 is 4.94. The van der Waals surface area contributed by atoms with Crippen molar-refractivity contribution >= 4 is 0 Å². The van der Waals surface area contributed by atoms with Crippen molar-refractivity contribution in [3.8, 4) is 0 Å². The van der Waals surface area contributed by atoms with Gasteiger partial charge in [0.05, 0.1) is 6.26 Å². The molecule has 0 aliphatic carbocycles. The Kier molecular flexibility index (Phi) is 12.8. The van der Waals surface area contributed by atoms with Gasteiger partial charge in [0.2, 0.25) is 0 Å². The summed E-state index contributed by atoms with van der Waals surface area (Å²) in [5.41, 5.74) is 0. The topological polar surface area (TPSA) is 9.23 Å². The average molecular weight is 140 g/mol. The number of allylic oxidation sites excluding steroid dienone is 2. The van der Waals surface area contributed by atoms with Crippen LogP contribution in [0.3, 0.4) is 0 Å². The molecule has 0 aromatic carbocycles. The standard InChI is InChI=1S/C8H12O.CH4/c1-3-5-6-8-9-7-4-2;/h3-4,6,8H,1-2,5,7H2;1H4/b8-6+;. The largest absolute Gasteiger partial charge is 0.497 e. The Morgan fingerprint density at radius 2 is 1.90 bits per heavy atom. The summed E-state index contributed by atoms with van der Waals surface area (Å²) in [5.74, 6) is 0. The number of hydrogen-bond donors (Lipinski definition) is 0. The second-order valence-electron chi connectivity index (χ2n) is 1.52. The van der Waals surface area contributed by atoms with Crippen LogP contribution in [0.15, 0.2) is 37.6 Å². The summed E-state index contributed by atoms with van der Waals surface area (Å²) in [4.78, 5) is 0. The van der Waals surface area contributed by atoms with E-state index in [4.69, 9.17) is 4.74 Å². The molecule has 0 saturated carbocycles. The summed E-state index contributed by atoms with van der Waals surface area (Å²) in [6, 6.07) is 0. The van der Waals surface area contributed by atoms with E-state index in [1.807, 2.05) is 12.2 Å². The predicted octanol–water partition coefficient (Wildman–Crippen LogP) is 2.91. The minimum Gasteiger partial charge on any atom is -0.497 e. The smallest absolute Gasteiger partial charge is 0.105 e. The lowest BCUT2D eigenvalue weighted by Crippen LogP contribution is -1.77. The van der Waals surface area contributed by atoms with Gasteiger partial charge in [0, 0.05) is 0 Å². The molecular formula is C9H16O. The highest BCUT2D eigenvalue weighted by Gasteiger charge is 1.69. The fraction of sp³-hybridized carbons (Fsp3) is 0.333. The van der Waals surface area contributed by atoms with E-state index in [1.54, 1.807) is 12.3 Å². The molecule has 0 unspecified atom stereocenters. The maximum absolute atomic E-state index is 4.94. The molecule has 0 spiro atoms. The quantitative estimate of drug-likeness (QED) is 0.324. The van der Waals surface area contributed by atoms with Crippen molar-refractivity contribution in [3.63, 3.8) is 0 Å². The maximum atomic E-state index is 4.94. The van der Waals surface area contributed by atoms with Crippen LogP contribution in [0.4, 0.5) is 0 Å². The third kappa shape index (κ3) is 10.1. The Hall–Kier alpha value is -0.980. The Labute approximate surface area is 63.7 Å². The van der Waals surface area contributed by atoms with Crippen LogP contribution in [0.5, 0.6) is 0 Å². The van der Waals surface area contributed by atoms with Gasteiger partial charge in [-0.3, -0.25) is 0 Å². The zero-order valence-electron chi connectivity index (χ0n) is 5.55. The van der Waals surface area contributed by atoms with Gasteiger partial charge in [-0.05, 0) is 12.5 Å². The van der Waals surface area contributed by atoms with Crippen LogP contribution in [-0.2, 0) is 4.74 Å². The summed E-state index contributed by atoms with van der Waals surface area (Å²) in [5, 5.41) is 0. The monoisotopic (exact) mass is 140 g/mol. The molecule has 58 valence electrons. The molecule has 0 aliphatic heterocycles. The van der Waals surface area contributed by atoms with Crippen LogP contribution in [0.2, 0.25) is 0 Å². The second-order valence-corrected chi connectivity index (χ2v) is 1.52. The molecule has 0 aromatic rings. The molecule has 10 heavy (non-hydrogen) atoms. The minimum absolute atomic E-state index is 0. The van der Waals surface area contributed by atoms with Crippen LogP contribution in [-0.4, -0.2) is 6.61 Å². The molecule has 0 rings (SSSR count). The molecule has 0 aromatic heterocycles. The first-order valence-corrected chi connectivity index (χ1v) is 2.90. The third-order valence-corrected chi connectivity index (χ3v) is 0.709. The number of hydrogen-bond acceptors (Lipinski definition) is 1. The van der Waals surface area contributed by atoms with Crippen molar-refractivity contribution in [1.82, 2.24) is 0 Å². The SMILES string of the molecule is C.C=CC/C=C/OCC=C. The first-order valence-electron chi connectivity index (χ1n) is 2.90. The van der Waals surface area contributed by atoms with Crippen LogP contribution in [0, 0.1) is 0 Å². The zero-order valence-corrected chi connectivity index (χ0v) is 5.55. The van der Waals surface area contributed by atoms with Crippen molar-refractivity contribution in [2.24, 2.45) is 0 Å². The van der Waals surface area contributed by atoms with E-state index in [2.05, 4.69) is 13.2 Å². The van der Waals surface area contributed by atoms with Gasteiger partial charge in [0.1, 0.15) is 6.61 Å². The van der Waals surface area contributed by atoms with Gasteiger partial charge < -0.3 is 4.74 Å². The van der Waals surface area contributed by atoms with Gasteiger partial charge in [-0.1, -0.05) is 26.2 Å². The van der Waals surface area contributed by atoms with Gasteiger partial charge in [0.25, 0.3) is 0 Å². The van der Waals surface area contributed by atoms with Gasteiger partial charge in [-0.2, -0.15) is 0 Å². The van der Waals surface area contributed by atoms with Crippen LogP contribution in [0.25, 0.3) is 0 Å². The number of ether oxygens (including phenoxy) is 1. The van der Waals surface area contributed by atoms with Crippen molar-refractivity contribution in [2.45, 2.75) is 13.8 Å². The van der Waals surface area contributed by atoms with E-state index >= 15 is 0 Å². The van der Waals surface area contributed by atoms with Crippen molar-refractivity contribution in [3.05, 3.63) is 37.6 Å². The van der Waals surface area contributed by atoms with Crippen molar-refractivity contribution in [1.29, 1.82) is 0 Å². The van der Waals surface area contributed by atoms with Gasteiger partial charge in [0.15, 0.2) is 0 Å². The highest BCUT2D eigenvalue weighted by molar-refractivity contribution is 4.83. The van der Waals surface area contributed by atoms with Gasteiger partial charge in [-0.15, -0.1) is 6.58 Å². The first kappa shape index (κ1) is 11.8. The average Bonchev–Trinajstić information content (AvgIpc) is 1.89. The van der Waals surface area contributed by atoms with E-state index in [0.29, 0.717) is 6.61 Å². The van der Waals surface area contributed by atoms with Gasteiger partial charge >= 0.3 is 0 Å². The summed E-state index contributed by atoms with van der Waals surface area (Å²) in [6.45, 7) is 7.63. The fourth-order valence-corrected chi connectivity index (χ4v) is 0.343. The van der Waals surface area contributed by atoms with Crippen LogP contribution in [0.1, 0.15) is 13.8 Å². The molecule has 1 heteroatoms.